The Kier molecular flexibility index (Phi) is 6.21. The Labute approximate surface area is 112 Å². The van der Waals surface area contributed by atoms with E-state index in [0.717, 1.165) is 5.57 Å². The van der Waals surface area contributed by atoms with Crippen molar-refractivity contribution >= 4 is 5.57 Å². The predicted molar refractivity (Wildman–Crippen MR) is 82.7 cm³/mol. The molecular formula is C18H24. The van der Waals surface area contributed by atoms with Gasteiger partial charge < -0.3 is 0 Å². The highest BCUT2D eigenvalue weighted by Gasteiger charge is 1.97. The van der Waals surface area contributed by atoms with Crippen molar-refractivity contribution in [3.63, 3.8) is 0 Å². The summed E-state index contributed by atoms with van der Waals surface area (Å²) in [5, 5.41) is 0. The van der Waals surface area contributed by atoms with Gasteiger partial charge in [-0.2, -0.15) is 0 Å². The van der Waals surface area contributed by atoms with Gasteiger partial charge in [0.05, 0.1) is 0 Å². The first-order valence-electron chi connectivity index (χ1n) is 6.76. The maximum Gasteiger partial charge on any atom is -0.0190 e. The number of allylic oxidation sites excluding steroid dienone is 5. The largest absolute Gasteiger partial charge is 0.0912 e. The zero-order chi connectivity index (χ0) is 13.4. The molecule has 1 aromatic carbocycles. The van der Waals surface area contributed by atoms with Gasteiger partial charge in [0.25, 0.3) is 0 Å². The van der Waals surface area contributed by atoms with Crippen LogP contribution >= 0.6 is 0 Å². The topological polar surface area (TPSA) is 0 Å². The second kappa shape index (κ2) is 7.71. The Morgan fingerprint density at radius 3 is 2.44 bits per heavy atom. The van der Waals surface area contributed by atoms with Crippen molar-refractivity contribution in [2.75, 3.05) is 0 Å². The summed E-state index contributed by atoms with van der Waals surface area (Å²) in [6, 6.07) is 8.78. The highest BCUT2D eigenvalue weighted by molar-refractivity contribution is 5.73. The van der Waals surface area contributed by atoms with Gasteiger partial charge in [0.15, 0.2) is 0 Å². The van der Waals surface area contributed by atoms with E-state index < -0.39 is 0 Å². The molecule has 0 N–H and O–H groups in total. The van der Waals surface area contributed by atoms with Crippen LogP contribution < -0.4 is 0 Å². The molecule has 0 saturated heterocycles. The van der Waals surface area contributed by atoms with Crippen molar-refractivity contribution in [1.82, 2.24) is 0 Å². The lowest BCUT2D eigenvalue weighted by molar-refractivity contribution is 0.795. The van der Waals surface area contributed by atoms with E-state index in [1.165, 1.54) is 36.0 Å². The van der Waals surface area contributed by atoms with Crippen molar-refractivity contribution in [3.8, 4) is 0 Å². The Balaban J connectivity index is 2.73. The number of rotatable bonds is 6. The van der Waals surface area contributed by atoms with Gasteiger partial charge in [-0.25, -0.2) is 0 Å². The molecule has 0 bridgehead atoms. The van der Waals surface area contributed by atoms with E-state index in [1.54, 1.807) is 0 Å². The van der Waals surface area contributed by atoms with Gasteiger partial charge in [-0.15, -0.1) is 0 Å². The molecule has 1 aromatic rings. The summed E-state index contributed by atoms with van der Waals surface area (Å²) in [5.74, 6) is 0. The molecule has 0 aromatic heterocycles. The first kappa shape index (κ1) is 14.5. The predicted octanol–water partition coefficient (Wildman–Crippen LogP) is 5.56. The summed E-state index contributed by atoms with van der Waals surface area (Å²) in [4.78, 5) is 0. The van der Waals surface area contributed by atoms with Crippen LogP contribution in [0.15, 0.2) is 54.6 Å². The maximum absolute atomic E-state index is 4.13. The van der Waals surface area contributed by atoms with Crippen LogP contribution in [0.4, 0.5) is 0 Å². The van der Waals surface area contributed by atoms with E-state index in [4.69, 9.17) is 0 Å². The SMILES string of the molecule is C=C(/C=C(C)\C=C\C)c1ccc(CCCC)cc1. The molecule has 0 saturated carbocycles. The van der Waals surface area contributed by atoms with Crippen molar-refractivity contribution in [1.29, 1.82) is 0 Å². The van der Waals surface area contributed by atoms with Gasteiger partial charge in [0.1, 0.15) is 0 Å². The summed E-state index contributed by atoms with van der Waals surface area (Å²) < 4.78 is 0. The van der Waals surface area contributed by atoms with E-state index in [2.05, 4.69) is 56.8 Å². The molecule has 1 rings (SSSR count). The molecule has 0 nitrogen and oxygen atoms in total. The molecule has 0 unspecified atom stereocenters. The number of hydrogen-bond acceptors (Lipinski definition) is 0. The van der Waals surface area contributed by atoms with Crippen molar-refractivity contribution in [2.24, 2.45) is 0 Å². The van der Waals surface area contributed by atoms with Gasteiger partial charge in [-0.1, -0.05) is 68.0 Å². The lowest BCUT2D eigenvalue weighted by atomic mass is 10.0. The van der Waals surface area contributed by atoms with Gasteiger partial charge in [0, 0.05) is 0 Å². The van der Waals surface area contributed by atoms with Crippen LogP contribution in [-0.4, -0.2) is 0 Å². The Morgan fingerprint density at radius 1 is 1.22 bits per heavy atom. The normalized spacial score (nSPS) is 12.1. The molecule has 0 radical (unpaired) electrons. The van der Waals surface area contributed by atoms with Crippen LogP contribution in [0, 0.1) is 0 Å². The van der Waals surface area contributed by atoms with Gasteiger partial charge in [-0.3, -0.25) is 0 Å². The van der Waals surface area contributed by atoms with Crippen LogP contribution in [0.25, 0.3) is 5.57 Å². The van der Waals surface area contributed by atoms with Crippen molar-refractivity contribution < 1.29 is 0 Å². The average molecular weight is 240 g/mol. The van der Waals surface area contributed by atoms with Gasteiger partial charge in [0.2, 0.25) is 0 Å². The molecule has 0 heteroatoms. The fourth-order valence-electron chi connectivity index (χ4n) is 1.94. The quantitative estimate of drug-likeness (QED) is 0.571. The summed E-state index contributed by atoms with van der Waals surface area (Å²) >= 11 is 0. The minimum atomic E-state index is 1.08. The third-order valence-electron chi connectivity index (χ3n) is 2.98. The standard InChI is InChI=1S/C18H24/c1-5-7-9-17-10-12-18(13-11-17)16(4)14-15(3)8-6-2/h6,8,10-14H,4-5,7,9H2,1-3H3/b8-6+,15-14-. The molecule has 0 fully saturated rings. The fourth-order valence-corrected chi connectivity index (χ4v) is 1.94. The number of hydrogen-bond donors (Lipinski definition) is 0. The molecule has 96 valence electrons. The van der Waals surface area contributed by atoms with Crippen LogP contribution in [0.1, 0.15) is 44.7 Å². The average Bonchev–Trinajstić information content (AvgIpc) is 2.37. The minimum Gasteiger partial charge on any atom is -0.0912 e. The Hall–Kier alpha value is -1.56. The zero-order valence-corrected chi connectivity index (χ0v) is 11.9. The summed E-state index contributed by atoms with van der Waals surface area (Å²) in [6.45, 7) is 10.5. The molecule has 18 heavy (non-hydrogen) atoms. The monoisotopic (exact) mass is 240 g/mol. The van der Waals surface area contributed by atoms with Crippen molar-refractivity contribution in [2.45, 2.75) is 40.0 Å². The number of aryl methyl sites for hydroxylation is 1. The Bertz CT molecular complexity index is 430. The molecule has 0 aliphatic rings. The van der Waals surface area contributed by atoms with E-state index in [9.17, 15) is 0 Å². The van der Waals surface area contributed by atoms with Gasteiger partial charge in [-0.05, 0) is 43.4 Å². The number of benzene rings is 1. The number of unbranched alkanes of at least 4 members (excludes halogenated alkanes) is 1. The molecule has 0 atom stereocenters. The third-order valence-corrected chi connectivity index (χ3v) is 2.98. The van der Waals surface area contributed by atoms with Crippen LogP contribution in [-0.2, 0) is 6.42 Å². The molecule has 0 spiro atoms. The van der Waals surface area contributed by atoms with Crippen LogP contribution in [0.5, 0.6) is 0 Å². The van der Waals surface area contributed by atoms with E-state index >= 15 is 0 Å². The molecule has 0 aliphatic carbocycles. The highest BCUT2D eigenvalue weighted by Crippen LogP contribution is 2.17. The molecule has 0 aliphatic heterocycles. The lowest BCUT2D eigenvalue weighted by Crippen LogP contribution is -1.86. The van der Waals surface area contributed by atoms with Crippen LogP contribution in [0.3, 0.4) is 0 Å². The Morgan fingerprint density at radius 2 is 1.89 bits per heavy atom. The molecular weight excluding hydrogens is 216 g/mol. The minimum absolute atomic E-state index is 1.08. The lowest BCUT2D eigenvalue weighted by Gasteiger charge is -2.04. The van der Waals surface area contributed by atoms with E-state index in [0.29, 0.717) is 0 Å². The van der Waals surface area contributed by atoms with Crippen molar-refractivity contribution in [3.05, 3.63) is 65.8 Å². The molecule has 0 heterocycles. The third kappa shape index (κ3) is 4.75. The molecule has 0 amide bonds. The smallest absolute Gasteiger partial charge is 0.0190 e. The van der Waals surface area contributed by atoms with E-state index in [-0.39, 0.29) is 0 Å². The second-order valence-corrected chi connectivity index (χ2v) is 4.71. The summed E-state index contributed by atoms with van der Waals surface area (Å²) in [6.07, 6.45) is 9.96. The fraction of sp³-hybridized carbons (Fsp3) is 0.333. The highest BCUT2D eigenvalue weighted by atomic mass is 14.0. The first-order valence-corrected chi connectivity index (χ1v) is 6.76. The summed E-state index contributed by atoms with van der Waals surface area (Å²) in [7, 11) is 0. The second-order valence-electron chi connectivity index (χ2n) is 4.71. The van der Waals surface area contributed by atoms with E-state index in [1.807, 2.05) is 13.0 Å². The summed E-state index contributed by atoms with van der Waals surface area (Å²) in [5.41, 5.74) is 4.94. The van der Waals surface area contributed by atoms with Gasteiger partial charge >= 0.3 is 0 Å². The first-order chi connectivity index (χ1) is 8.67. The maximum atomic E-state index is 4.13. The zero-order valence-electron chi connectivity index (χ0n) is 11.9. The van der Waals surface area contributed by atoms with Crippen LogP contribution in [0.2, 0.25) is 0 Å².